The number of halogens is 3. The van der Waals surface area contributed by atoms with Gasteiger partial charge in [0.15, 0.2) is 0 Å². The van der Waals surface area contributed by atoms with Gasteiger partial charge in [-0.2, -0.15) is 13.2 Å². The molecule has 2 aliphatic rings. The number of nitrogens with two attached hydrogens (primary N) is 1. The molecule has 1 amide bonds. The van der Waals surface area contributed by atoms with Crippen molar-refractivity contribution in [2.75, 3.05) is 24.3 Å². The van der Waals surface area contributed by atoms with Gasteiger partial charge in [-0.1, -0.05) is 37.1 Å². The first kappa shape index (κ1) is 24.9. The van der Waals surface area contributed by atoms with Crippen LogP contribution in [-0.2, 0) is 16.1 Å². The summed E-state index contributed by atoms with van der Waals surface area (Å²) in [6.45, 7) is -0.533. The monoisotopic (exact) mass is 491 g/mol. The Balaban J connectivity index is 1.38. The summed E-state index contributed by atoms with van der Waals surface area (Å²) >= 11 is 0. The van der Waals surface area contributed by atoms with Crippen molar-refractivity contribution in [2.24, 2.45) is 0 Å². The highest BCUT2D eigenvalue weighted by Crippen LogP contribution is 2.27. The lowest BCUT2D eigenvalue weighted by Crippen LogP contribution is -2.60. The summed E-state index contributed by atoms with van der Waals surface area (Å²) in [6, 6.07) is 4.23. The minimum Gasteiger partial charge on any atom is -0.383 e. The first-order valence-electron chi connectivity index (χ1n) is 11.5. The molecule has 35 heavy (non-hydrogen) atoms. The van der Waals surface area contributed by atoms with Crippen LogP contribution >= 0.6 is 0 Å². The van der Waals surface area contributed by atoms with E-state index in [1.807, 2.05) is 0 Å². The van der Waals surface area contributed by atoms with Crippen LogP contribution in [-0.4, -0.2) is 59.1 Å². The van der Waals surface area contributed by atoms with E-state index in [4.69, 9.17) is 15.9 Å². The minimum absolute atomic E-state index is 0.117. The fraction of sp³-hybridized carbons (Fsp3) is 0.478. The van der Waals surface area contributed by atoms with Gasteiger partial charge in [0.1, 0.15) is 30.0 Å². The van der Waals surface area contributed by atoms with Gasteiger partial charge < -0.3 is 21.1 Å². The predicted octanol–water partition coefficient (Wildman–Crippen LogP) is 2.36. The van der Waals surface area contributed by atoms with Crippen molar-refractivity contribution < 1.29 is 22.7 Å². The Bertz CT molecular complexity index is 1060. The van der Waals surface area contributed by atoms with Crippen molar-refractivity contribution in [2.45, 2.75) is 56.5 Å². The maximum atomic E-state index is 12.9. The van der Waals surface area contributed by atoms with E-state index in [9.17, 15) is 18.0 Å². The first-order chi connectivity index (χ1) is 16.7. The van der Waals surface area contributed by atoms with Gasteiger partial charge in [-0.3, -0.25) is 15.5 Å². The van der Waals surface area contributed by atoms with Crippen LogP contribution in [0.3, 0.4) is 0 Å². The highest BCUT2D eigenvalue weighted by molar-refractivity contribution is 6.16. The summed E-state index contributed by atoms with van der Waals surface area (Å²) in [6.07, 6.45) is 1.26. The van der Waals surface area contributed by atoms with E-state index in [-0.39, 0.29) is 30.7 Å². The topological polar surface area (TPSA) is 138 Å². The molecule has 0 radical (unpaired) electrons. The molecule has 1 saturated heterocycles. The zero-order valence-electron chi connectivity index (χ0n) is 19.0. The molecular formula is C23H28F3N7O2. The number of amides is 1. The number of carbonyl (C=O) groups is 1. The number of morpholine rings is 1. The Labute approximate surface area is 200 Å². The van der Waals surface area contributed by atoms with Crippen LogP contribution in [0, 0.1) is 5.41 Å². The summed E-state index contributed by atoms with van der Waals surface area (Å²) in [5, 5.41) is 17.0. The van der Waals surface area contributed by atoms with Crippen LogP contribution in [0.2, 0.25) is 0 Å². The number of benzene rings is 1. The Morgan fingerprint density at radius 1 is 1.17 bits per heavy atom. The summed E-state index contributed by atoms with van der Waals surface area (Å²) in [5.41, 5.74) is 8.00. The number of nitrogen functional groups attached to an aromatic ring is 1. The summed E-state index contributed by atoms with van der Waals surface area (Å²) < 4.78 is 43.6. The number of ether oxygens (including phenoxy) is 1. The molecule has 4 rings (SSSR count). The number of nitrogens with zero attached hydrogens (tertiary/aromatic N) is 2. The van der Waals surface area contributed by atoms with Crippen LogP contribution in [0.1, 0.15) is 42.4 Å². The third kappa shape index (κ3) is 6.06. The van der Waals surface area contributed by atoms with Crippen molar-refractivity contribution in [3.63, 3.8) is 0 Å². The molecule has 1 saturated carbocycles. The molecule has 1 aliphatic carbocycles. The van der Waals surface area contributed by atoms with Gasteiger partial charge in [0.25, 0.3) is 0 Å². The highest BCUT2D eigenvalue weighted by atomic mass is 19.4. The third-order valence-electron chi connectivity index (χ3n) is 6.21. The van der Waals surface area contributed by atoms with E-state index < -0.39 is 30.8 Å². The van der Waals surface area contributed by atoms with Gasteiger partial charge in [0.05, 0.1) is 24.5 Å². The second-order valence-electron chi connectivity index (χ2n) is 8.75. The smallest absolute Gasteiger partial charge is 0.383 e. The second kappa shape index (κ2) is 10.6. The number of hydrogen-bond acceptors (Lipinski definition) is 8. The standard InChI is InChI=1S/C23H28F3N7O2/c24-23(25,26)17-11-35-10-16(33-17)22(34)29-9-13-5-7-14(8-6-13)19(27)18-20(28)30-12-31-21(18)32-15-3-1-2-4-15/h5-8,12,15-17,27,33H,1-4,9-11H2,(H,29,34)(H3,28,30,31,32). The molecule has 9 nitrogen and oxygen atoms in total. The zero-order valence-corrected chi connectivity index (χ0v) is 19.0. The fourth-order valence-corrected chi connectivity index (χ4v) is 4.25. The third-order valence-corrected chi connectivity index (χ3v) is 6.21. The fourth-order valence-electron chi connectivity index (χ4n) is 4.25. The van der Waals surface area contributed by atoms with E-state index in [0.29, 0.717) is 16.9 Å². The van der Waals surface area contributed by atoms with Crippen molar-refractivity contribution >= 4 is 23.3 Å². The normalized spacial score (nSPS) is 21.0. The average molecular weight is 492 g/mol. The lowest BCUT2D eigenvalue weighted by molar-refractivity contribution is -0.182. The van der Waals surface area contributed by atoms with Crippen LogP contribution in [0.25, 0.3) is 0 Å². The van der Waals surface area contributed by atoms with E-state index >= 15 is 0 Å². The van der Waals surface area contributed by atoms with Gasteiger partial charge in [0, 0.05) is 18.2 Å². The molecule has 2 atom stereocenters. The van der Waals surface area contributed by atoms with E-state index in [2.05, 4.69) is 25.9 Å². The summed E-state index contributed by atoms with van der Waals surface area (Å²) in [7, 11) is 0. The molecule has 0 bridgehead atoms. The Kier molecular flexibility index (Phi) is 7.51. The summed E-state index contributed by atoms with van der Waals surface area (Å²) in [5.74, 6) is 0.166. The molecule has 1 aromatic heterocycles. The molecule has 1 aliphatic heterocycles. The molecule has 2 aromatic rings. The van der Waals surface area contributed by atoms with Crippen molar-refractivity contribution in [1.29, 1.82) is 5.41 Å². The van der Waals surface area contributed by atoms with Crippen molar-refractivity contribution in [1.82, 2.24) is 20.6 Å². The first-order valence-corrected chi connectivity index (χ1v) is 11.5. The summed E-state index contributed by atoms with van der Waals surface area (Å²) in [4.78, 5) is 20.7. The predicted molar refractivity (Wildman–Crippen MR) is 124 cm³/mol. The van der Waals surface area contributed by atoms with E-state index in [1.54, 1.807) is 24.3 Å². The number of rotatable bonds is 7. The molecule has 188 valence electrons. The van der Waals surface area contributed by atoms with Crippen molar-refractivity contribution in [3.8, 4) is 0 Å². The van der Waals surface area contributed by atoms with Crippen LogP contribution in [0.15, 0.2) is 30.6 Å². The maximum absolute atomic E-state index is 12.9. The Morgan fingerprint density at radius 2 is 1.89 bits per heavy atom. The number of hydrogen-bond donors (Lipinski definition) is 5. The molecule has 0 spiro atoms. The molecule has 2 fully saturated rings. The second-order valence-corrected chi connectivity index (χ2v) is 8.75. The number of anilines is 2. The van der Waals surface area contributed by atoms with Gasteiger partial charge in [0.2, 0.25) is 5.91 Å². The Morgan fingerprint density at radius 3 is 2.57 bits per heavy atom. The average Bonchev–Trinajstić information content (AvgIpc) is 3.35. The molecular weight excluding hydrogens is 463 g/mol. The molecule has 6 N–H and O–H groups in total. The van der Waals surface area contributed by atoms with Crippen LogP contribution in [0.5, 0.6) is 0 Å². The van der Waals surface area contributed by atoms with Crippen LogP contribution in [0.4, 0.5) is 24.8 Å². The molecule has 2 unspecified atom stereocenters. The number of nitrogens with one attached hydrogen (secondary N) is 4. The van der Waals surface area contributed by atoms with Gasteiger partial charge in [-0.15, -0.1) is 0 Å². The molecule has 1 aromatic carbocycles. The van der Waals surface area contributed by atoms with Gasteiger partial charge >= 0.3 is 6.18 Å². The highest BCUT2D eigenvalue weighted by Gasteiger charge is 2.44. The maximum Gasteiger partial charge on any atom is 0.406 e. The van der Waals surface area contributed by atoms with Crippen LogP contribution < -0.4 is 21.7 Å². The lowest BCUT2D eigenvalue weighted by atomic mass is 10.0. The quantitative estimate of drug-likeness (QED) is 0.375. The Hall–Kier alpha value is -3.25. The lowest BCUT2D eigenvalue weighted by Gasteiger charge is -2.31. The molecule has 12 heteroatoms. The largest absolute Gasteiger partial charge is 0.406 e. The van der Waals surface area contributed by atoms with Gasteiger partial charge in [-0.25, -0.2) is 9.97 Å². The van der Waals surface area contributed by atoms with Gasteiger partial charge in [-0.05, 0) is 18.4 Å². The minimum atomic E-state index is -4.49. The van der Waals surface area contributed by atoms with E-state index in [0.717, 1.165) is 31.2 Å². The number of carbonyl (C=O) groups excluding carboxylic acids is 1. The number of alkyl halides is 3. The van der Waals surface area contributed by atoms with Crippen molar-refractivity contribution in [3.05, 3.63) is 47.3 Å². The SMILES string of the molecule is N=C(c1ccc(CNC(=O)C2COCC(C(F)(F)F)N2)cc1)c1c(N)ncnc1NC1CCCC1. The molecule has 2 heterocycles. The van der Waals surface area contributed by atoms with E-state index in [1.165, 1.54) is 6.33 Å². The zero-order chi connectivity index (χ0) is 25.0. The number of aromatic nitrogens is 2.